The molecule has 1 saturated heterocycles. The summed E-state index contributed by atoms with van der Waals surface area (Å²) >= 11 is 0. The highest BCUT2D eigenvalue weighted by Crippen LogP contribution is 2.45. The first-order valence-corrected chi connectivity index (χ1v) is 19.5. The van der Waals surface area contributed by atoms with Gasteiger partial charge in [0, 0.05) is 35.8 Å². The van der Waals surface area contributed by atoms with E-state index in [1.807, 2.05) is 48.5 Å². The van der Waals surface area contributed by atoms with E-state index in [2.05, 4.69) is 33.4 Å². The van der Waals surface area contributed by atoms with E-state index in [0.29, 0.717) is 43.1 Å². The van der Waals surface area contributed by atoms with E-state index in [0.717, 1.165) is 60.7 Å². The Morgan fingerprint density at radius 1 is 0.878 bits per heavy atom. The maximum Gasteiger partial charge on any atom is 0.252 e. The quantitative estimate of drug-likeness (QED) is 0.154. The van der Waals surface area contributed by atoms with Gasteiger partial charge in [0.25, 0.3) is 5.91 Å². The van der Waals surface area contributed by atoms with Crippen LogP contribution in [0.25, 0.3) is 22.2 Å². The molecule has 0 unspecified atom stereocenters. The highest BCUT2D eigenvalue weighted by atomic mass is 32.3. The number of benzene rings is 3. The first-order valence-electron chi connectivity index (χ1n) is 17.6. The van der Waals surface area contributed by atoms with E-state index in [1.54, 1.807) is 17.0 Å². The molecular weight excluding hydrogens is 637 g/mol. The van der Waals surface area contributed by atoms with Crippen LogP contribution >= 0.6 is 10.6 Å². The van der Waals surface area contributed by atoms with Crippen molar-refractivity contribution < 1.29 is 23.5 Å². The molecule has 3 aromatic carbocycles. The molecule has 0 spiro atoms. The topological polar surface area (TPSA) is 124 Å². The Kier molecular flexibility index (Phi) is 9.55. The summed E-state index contributed by atoms with van der Waals surface area (Å²) in [5, 5.41) is 7.13. The fraction of sp³-hybridized carbons (Fsp3) is 0.410. The molecule has 9 nitrogen and oxygen atoms in total. The molecule has 2 heterocycles. The van der Waals surface area contributed by atoms with Crippen LogP contribution in [-0.2, 0) is 16.1 Å². The van der Waals surface area contributed by atoms with Crippen molar-refractivity contribution in [2.24, 2.45) is 0 Å². The number of nitrogens with zero attached hydrogens (tertiary/aromatic N) is 2. The zero-order valence-corrected chi connectivity index (χ0v) is 28.6. The minimum Gasteiger partial charge on any atom is -0.338 e. The van der Waals surface area contributed by atoms with Crippen LogP contribution in [0, 0.1) is 6.07 Å². The Morgan fingerprint density at radius 2 is 1.59 bits per heavy atom. The molecule has 3 fully saturated rings. The number of rotatable bonds is 8. The summed E-state index contributed by atoms with van der Waals surface area (Å²) in [6, 6.07) is 26.2. The summed E-state index contributed by atoms with van der Waals surface area (Å²) < 4.78 is 22.4. The first-order chi connectivity index (χ1) is 23.7. The maximum atomic E-state index is 14.1. The number of para-hydroxylation sites is 1. The standard InChI is InChI=1S/C39H45N4O5S/c44-34(42-22-24-49(47,48)25-23-42)27-43-33-26-30(37(45)41-39(20-10-11-21-39)38(46)40-31-16-8-3-9-17-31)18-19-32(33)35(28-12-4-1-5-13-28)36(43)29-14-6-2-7-15-29/h2-3,6-9,14-16,18-19,26,28,47-48H,1,4-5,10-13,20-25,27H2,(H,40,46)(H,41,45). The molecule has 10 heteroatoms. The molecule has 7 rings (SSSR count). The van der Waals surface area contributed by atoms with Crippen molar-refractivity contribution in [2.45, 2.75) is 75.8 Å². The third kappa shape index (κ3) is 7.00. The summed E-state index contributed by atoms with van der Waals surface area (Å²) in [5.41, 5.74) is 4.03. The van der Waals surface area contributed by atoms with Gasteiger partial charge in [0.1, 0.15) is 12.1 Å². The zero-order valence-electron chi connectivity index (χ0n) is 27.8. The Labute approximate surface area is 289 Å². The molecule has 4 N–H and O–H groups in total. The van der Waals surface area contributed by atoms with Gasteiger partial charge in [-0.2, -0.15) is 10.6 Å². The van der Waals surface area contributed by atoms with E-state index in [4.69, 9.17) is 0 Å². The molecule has 0 bridgehead atoms. The molecule has 1 aliphatic heterocycles. The van der Waals surface area contributed by atoms with Gasteiger partial charge in [0.05, 0.1) is 22.7 Å². The van der Waals surface area contributed by atoms with Crippen molar-refractivity contribution in [2.75, 3.05) is 29.9 Å². The van der Waals surface area contributed by atoms with Crippen molar-refractivity contribution in [3.05, 3.63) is 90.0 Å². The average molecular weight is 682 g/mol. The third-order valence-electron chi connectivity index (χ3n) is 10.7. The molecular formula is C39H45N4O5S. The Morgan fingerprint density at radius 3 is 2.29 bits per heavy atom. The van der Waals surface area contributed by atoms with Crippen LogP contribution in [-0.4, -0.2) is 66.4 Å². The largest absolute Gasteiger partial charge is 0.338 e. The second-order valence-electron chi connectivity index (χ2n) is 13.8. The lowest BCUT2D eigenvalue weighted by Crippen LogP contribution is -2.55. The summed E-state index contributed by atoms with van der Waals surface area (Å²) in [6.07, 6.45) is 8.42. The third-order valence-corrected chi connectivity index (χ3v) is 12.3. The number of anilines is 1. The molecule has 3 aliphatic rings. The Balaban J connectivity index is 1.28. The number of fused-ring (bicyclic) bond motifs is 1. The van der Waals surface area contributed by atoms with E-state index in [-0.39, 0.29) is 35.8 Å². The van der Waals surface area contributed by atoms with Crippen molar-refractivity contribution in [1.29, 1.82) is 0 Å². The predicted octanol–water partition coefficient (Wildman–Crippen LogP) is 7.43. The fourth-order valence-electron chi connectivity index (χ4n) is 7.99. The van der Waals surface area contributed by atoms with Gasteiger partial charge in [-0.05, 0) is 60.9 Å². The van der Waals surface area contributed by atoms with Gasteiger partial charge in [-0.15, -0.1) is 0 Å². The van der Waals surface area contributed by atoms with Gasteiger partial charge in [0.15, 0.2) is 0 Å². The van der Waals surface area contributed by atoms with E-state index in [1.165, 1.54) is 12.0 Å². The Hall–Kier alpha value is -4.12. The second kappa shape index (κ2) is 14.0. The van der Waals surface area contributed by atoms with Crippen molar-refractivity contribution in [1.82, 2.24) is 14.8 Å². The lowest BCUT2D eigenvalue weighted by molar-refractivity contribution is -0.131. The minimum absolute atomic E-state index is 0.0671. The van der Waals surface area contributed by atoms with Crippen LogP contribution in [0.4, 0.5) is 5.69 Å². The lowest BCUT2D eigenvalue weighted by Gasteiger charge is -2.41. The summed E-state index contributed by atoms with van der Waals surface area (Å²) in [5.74, 6) is 0.0496. The van der Waals surface area contributed by atoms with Crippen LogP contribution in [0.3, 0.4) is 0 Å². The van der Waals surface area contributed by atoms with Gasteiger partial charge in [-0.25, -0.2) is 0 Å². The number of hydrogen-bond donors (Lipinski definition) is 4. The smallest absolute Gasteiger partial charge is 0.252 e. The van der Waals surface area contributed by atoms with Crippen molar-refractivity contribution >= 4 is 44.9 Å². The van der Waals surface area contributed by atoms with E-state index in [9.17, 15) is 23.5 Å². The average Bonchev–Trinajstić information content (AvgIpc) is 3.72. The highest BCUT2D eigenvalue weighted by Gasteiger charge is 2.43. The van der Waals surface area contributed by atoms with Crippen LogP contribution in [0.2, 0.25) is 0 Å². The summed E-state index contributed by atoms with van der Waals surface area (Å²) in [7, 11) is -2.65. The Bertz CT molecular complexity index is 1820. The maximum absolute atomic E-state index is 14.1. The van der Waals surface area contributed by atoms with Gasteiger partial charge in [0.2, 0.25) is 11.8 Å². The van der Waals surface area contributed by atoms with Crippen LogP contribution in [0.1, 0.15) is 79.6 Å². The fourth-order valence-corrected chi connectivity index (χ4v) is 9.22. The van der Waals surface area contributed by atoms with Crippen molar-refractivity contribution in [3.8, 4) is 11.3 Å². The van der Waals surface area contributed by atoms with Crippen LogP contribution < -0.4 is 10.6 Å². The van der Waals surface area contributed by atoms with Crippen LogP contribution in [0.5, 0.6) is 0 Å². The molecule has 4 aromatic rings. The normalized spacial score (nSPS) is 19.8. The SMILES string of the molecule is O=C(NC1(C(=O)Nc2[c]cccc2)CCCC1)c1ccc2c(C3CCCCC3)c(-c3ccccc3)n(CC(=O)N3CCS(O)(O)CC3)c2c1. The van der Waals surface area contributed by atoms with Gasteiger partial charge >= 0.3 is 0 Å². The lowest BCUT2D eigenvalue weighted by atomic mass is 9.81. The number of aromatic nitrogens is 1. The molecule has 0 atom stereocenters. The molecule has 1 aromatic heterocycles. The molecule has 1 radical (unpaired) electrons. The zero-order chi connectivity index (χ0) is 34.0. The van der Waals surface area contributed by atoms with Gasteiger partial charge < -0.3 is 20.1 Å². The molecule has 2 saturated carbocycles. The number of hydrogen-bond acceptors (Lipinski definition) is 5. The van der Waals surface area contributed by atoms with E-state index < -0.39 is 16.1 Å². The van der Waals surface area contributed by atoms with E-state index >= 15 is 0 Å². The minimum atomic E-state index is -2.65. The molecule has 257 valence electrons. The summed E-state index contributed by atoms with van der Waals surface area (Å²) in [6.45, 7) is 0.668. The van der Waals surface area contributed by atoms with Gasteiger partial charge in [-0.1, -0.05) is 86.7 Å². The second-order valence-corrected chi connectivity index (χ2v) is 16.3. The number of amides is 3. The number of carbonyl (C=O) groups is 3. The van der Waals surface area contributed by atoms with Crippen LogP contribution in [0.15, 0.2) is 72.8 Å². The van der Waals surface area contributed by atoms with Crippen molar-refractivity contribution in [3.63, 3.8) is 0 Å². The molecule has 3 amide bonds. The van der Waals surface area contributed by atoms with Gasteiger partial charge in [-0.3, -0.25) is 23.5 Å². The molecule has 2 aliphatic carbocycles. The summed E-state index contributed by atoms with van der Waals surface area (Å²) in [4.78, 5) is 43.4. The predicted molar refractivity (Wildman–Crippen MR) is 195 cm³/mol. The number of nitrogens with one attached hydrogen (secondary N) is 2. The molecule has 49 heavy (non-hydrogen) atoms. The number of carbonyl (C=O) groups excluding carboxylic acids is 3. The first kappa shape index (κ1) is 33.4. The highest BCUT2D eigenvalue weighted by molar-refractivity contribution is 8.24. The monoisotopic (exact) mass is 681 g/mol.